The molecule has 0 saturated carbocycles. The van der Waals surface area contributed by atoms with Gasteiger partial charge in [-0.05, 0) is 5.56 Å². The summed E-state index contributed by atoms with van der Waals surface area (Å²) in [7, 11) is 0. The molecule has 0 radical (unpaired) electrons. The monoisotopic (exact) mass is 307 g/mol. The fourth-order valence-corrected chi connectivity index (χ4v) is 1.38. The number of carbonyl (C=O) groups is 2. The zero-order valence-corrected chi connectivity index (χ0v) is 11.1. The fraction of sp³-hybridized carbons (Fsp3) is 0.333. The lowest BCUT2D eigenvalue weighted by Gasteiger charge is -2.36. The van der Waals surface area contributed by atoms with E-state index >= 15 is 0 Å². The second-order valence-electron chi connectivity index (χ2n) is 4.02. The summed E-state index contributed by atoms with van der Waals surface area (Å²) in [6.07, 6.45) is 0. The predicted octanol–water partition coefficient (Wildman–Crippen LogP) is 1.16. The third-order valence-electron chi connectivity index (χ3n) is 2.29. The molecule has 21 heavy (non-hydrogen) atoms. The largest absolute Gasteiger partial charge is 0.481 e. The molecule has 9 heteroatoms. The average Bonchev–Trinajstić information content (AvgIpc) is 2.38. The molecule has 0 aromatic heterocycles. The van der Waals surface area contributed by atoms with Gasteiger partial charge in [-0.3, -0.25) is 10.5 Å². The number of nitrogens with one attached hydrogen (secondary N) is 1. The Morgan fingerprint density at radius 3 is 2.05 bits per heavy atom. The fourth-order valence-electron chi connectivity index (χ4n) is 1.38. The first-order valence-corrected chi connectivity index (χ1v) is 5.62. The molecule has 1 rings (SSSR count). The molecule has 1 aromatic rings. The minimum absolute atomic E-state index is 0.138. The number of alkyl halides is 3. The topological polar surface area (TPSA) is 118 Å². The second-order valence-corrected chi connectivity index (χ2v) is 4.02. The highest BCUT2D eigenvalue weighted by molar-refractivity contribution is 5.73. The number of hydrogen-bond acceptors (Lipinski definition) is 3. The Labute approximate surface area is 118 Å². The number of halogens is 3. The van der Waals surface area contributed by atoms with Crippen LogP contribution in [0.15, 0.2) is 30.3 Å². The van der Waals surface area contributed by atoms with E-state index in [0.29, 0.717) is 0 Å². The number of urea groups is 1. The number of benzene rings is 1. The van der Waals surface area contributed by atoms with Crippen molar-refractivity contribution in [1.29, 1.82) is 0 Å². The molecule has 2 amide bonds. The number of nitrogens with two attached hydrogens (primary N) is 2. The molecule has 1 aromatic carbocycles. The van der Waals surface area contributed by atoms with Crippen LogP contribution in [0.25, 0.3) is 0 Å². The van der Waals surface area contributed by atoms with Crippen LogP contribution in [0.2, 0.25) is 0 Å². The van der Waals surface area contributed by atoms with Crippen LogP contribution < -0.4 is 16.8 Å². The van der Waals surface area contributed by atoms with E-state index in [1.54, 1.807) is 11.4 Å². The van der Waals surface area contributed by atoms with Gasteiger partial charge in [-0.15, -0.1) is 0 Å². The molecule has 0 aliphatic heterocycles. The Kier molecular flexibility index (Phi) is 6.67. The highest BCUT2D eigenvalue weighted by atomic mass is 19.3. The average molecular weight is 307 g/mol. The third kappa shape index (κ3) is 5.30. The molecule has 6 N–H and O–H groups in total. The SMILES string of the molecule is CC(=O)O.NC(=O)NC(N)(c1ccccc1)C(F)(F)CF. The van der Waals surface area contributed by atoms with Gasteiger partial charge in [-0.25, -0.2) is 9.18 Å². The van der Waals surface area contributed by atoms with Crippen LogP contribution in [-0.2, 0) is 10.5 Å². The van der Waals surface area contributed by atoms with E-state index in [0.717, 1.165) is 6.92 Å². The lowest BCUT2D eigenvalue weighted by molar-refractivity contribution is -0.134. The van der Waals surface area contributed by atoms with Crippen LogP contribution in [0.5, 0.6) is 0 Å². The van der Waals surface area contributed by atoms with Gasteiger partial charge in [-0.2, -0.15) is 8.78 Å². The van der Waals surface area contributed by atoms with Gasteiger partial charge in [0.05, 0.1) is 0 Å². The highest BCUT2D eigenvalue weighted by Gasteiger charge is 2.53. The molecule has 6 nitrogen and oxygen atoms in total. The number of aliphatic carboxylic acids is 1. The zero-order chi connectivity index (χ0) is 16.7. The van der Waals surface area contributed by atoms with Crippen LogP contribution in [0.1, 0.15) is 12.5 Å². The van der Waals surface area contributed by atoms with Crippen molar-refractivity contribution in [2.45, 2.75) is 18.5 Å². The second kappa shape index (κ2) is 7.48. The lowest BCUT2D eigenvalue weighted by atomic mass is 9.94. The molecular weight excluding hydrogens is 291 g/mol. The zero-order valence-electron chi connectivity index (χ0n) is 11.1. The first-order valence-electron chi connectivity index (χ1n) is 5.62. The minimum atomic E-state index is -3.97. The van der Waals surface area contributed by atoms with Crippen molar-refractivity contribution in [3.63, 3.8) is 0 Å². The van der Waals surface area contributed by atoms with Crippen LogP contribution in [0, 0.1) is 0 Å². The van der Waals surface area contributed by atoms with Crippen molar-refractivity contribution in [2.24, 2.45) is 11.5 Å². The standard InChI is InChI=1S/C10H12F3N3O.C2H4O2/c11-6-9(12,13)10(15,16-8(14)17)7-4-2-1-3-5-7;1-2(3)4/h1-5H,6,15H2,(H3,14,16,17);1H3,(H,3,4). The number of amides is 2. The van der Waals surface area contributed by atoms with Crippen LogP contribution in [-0.4, -0.2) is 29.7 Å². The Bertz CT molecular complexity index is 481. The summed E-state index contributed by atoms with van der Waals surface area (Å²) >= 11 is 0. The molecule has 1 unspecified atom stereocenters. The van der Waals surface area contributed by atoms with E-state index in [9.17, 15) is 18.0 Å². The Morgan fingerprint density at radius 1 is 1.29 bits per heavy atom. The molecular formula is C12H16F3N3O3. The van der Waals surface area contributed by atoms with Crippen LogP contribution in [0.3, 0.4) is 0 Å². The number of hydrogen-bond donors (Lipinski definition) is 4. The predicted molar refractivity (Wildman–Crippen MR) is 69.3 cm³/mol. The summed E-state index contributed by atoms with van der Waals surface area (Å²) in [4.78, 5) is 19.7. The molecule has 0 fully saturated rings. The Hall–Kier alpha value is -2.29. The van der Waals surface area contributed by atoms with Gasteiger partial charge in [0.15, 0.2) is 12.3 Å². The van der Waals surface area contributed by atoms with Gasteiger partial charge >= 0.3 is 12.0 Å². The lowest BCUT2D eigenvalue weighted by Crippen LogP contribution is -2.65. The van der Waals surface area contributed by atoms with Gasteiger partial charge in [0, 0.05) is 6.92 Å². The number of carboxylic acids is 1. The number of carbonyl (C=O) groups excluding carboxylic acids is 1. The maximum absolute atomic E-state index is 13.5. The summed E-state index contributed by atoms with van der Waals surface area (Å²) in [6, 6.07) is 5.69. The molecule has 0 saturated heterocycles. The smallest absolute Gasteiger partial charge is 0.315 e. The Morgan fingerprint density at radius 2 is 1.71 bits per heavy atom. The van der Waals surface area contributed by atoms with E-state index in [4.69, 9.17) is 21.4 Å². The molecule has 0 spiro atoms. The van der Waals surface area contributed by atoms with Crippen molar-refractivity contribution in [1.82, 2.24) is 5.32 Å². The molecule has 0 aliphatic carbocycles. The van der Waals surface area contributed by atoms with E-state index < -0.39 is 30.3 Å². The van der Waals surface area contributed by atoms with E-state index in [2.05, 4.69) is 0 Å². The van der Waals surface area contributed by atoms with Gasteiger partial charge in [0.1, 0.15) is 0 Å². The first kappa shape index (κ1) is 18.7. The molecule has 0 heterocycles. The van der Waals surface area contributed by atoms with Gasteiger partial charge in [0.2, 0.25) is 0 Å². The van der Waals surface area contributed by atoms with Crippen molar-refractivity contribution in [3.05, 3.63) is 35.9 Å². The molecule has 118 valence electrons. The highest BCUT2D eigenvalue weighted by Crippen LogP contribution is 2.33. The third-order valence-corrected chi connectivity index (χ3v) is 2.29. The normalized spacial score (nSPS) is 13.4. The maximum Gasteiger partial charge on any atom is 0.315 e. The van der Waals surface area contributed by atoms with Gasteiger partial charge < -0.3 is 16.2 Å². The van der Waals surface area contributed by atoms with E-state index in [1.807, 2.05) is 0 Å². The summed E-state index contributed by atoms with van der Waals surface area (Å²) in [5.74, 6) is -4.80. The maximum atomic E-state index is 13.5. The van der Waals surface area contributed by atoms with Crippen LogP contribution in [0.4, 0.5) is 18.0 Å². The number of carboxylic acid groups (broad SMARTS) is 1. The van der Waals surface area contributed by atoms with E-state index in [1.165, 1.54) is 24.3 Å². The van der Waals surface area contributed by atoms with Gasteiger partial charge in [-0.1, -0.05) is 30.3 Å². The van der Waals surface area contributed by atoms with Crippen molar-refractivity contribution in [2.75, 3.05) is 6.67 Å². The minimum Gasteiger partial charge on any atom is -0.481 e. The Balaban J connectivity index is 0.000000885. The quantitative estimate of drug-likeness (QED) is 0.624. The first-order chi connectivity index (χ1) is 9.56. The van der Waals surface area contributed by atoms with E-state index in [-0.39, 0.29) is 5.56 Å². The summed E-state index contributed by atoms with van der Waals surface area (Å²) in [5, 5.41) is 9.11. The van der Waals surface area contributed by atoms with Crippen molar-refractivity contribution < 1.29 is 27.9 Å². The number of primary amides is 1. The van der Waals surface area contributed by atoms with Crippen molar-refractivity contribution in [3.8, 4) is 0 Å². The summed E-state index contributed by atoms with van der Waals surface area (Å²) in [5.41, 5.74) is 7.38. The van der Waals surface area contributed by atoms with Crippen molar-refractivity contribution >= 4 is 12.0 Å². The summed E-state index contributed by atoms with van der Waals surface area (Å²) < 4.78 is 39.3. The number of rotatable bonds is 4. The molecule has 0 aliphatic rings. The van der Waals surface area contributed by atoms with Crippen LogP contribution >= 0.6 is 0 Å². The van der Waals surface area contributed by atoms with Gasteiger partial charge in [0.25, 0.3) is 5.97 Å². The summed E-state index contributed by atoms with van der Waals surface area (Å²) in [6.45, 7) is -0.932. The molecule has 1 atom stereocenters. The molecule has 0 bridgehead atoms.